The summed E-state index contributed by atoms with van der Waals surface area (Å²) in [6.07, 6.45) is -2.21. The summed E-state index contributed by atoms with van der Waals surface area (Å²) in [7, 11) is 0. The molecule has 6 nitrogen and oxygen atoms in total. The molecule has 0 radical (unpaired) electrons. The summed E-state index contributed by atoms with van der Waals surface area (Å²) in [5, 5.41) is 6.87. The van der Waals surface area contributed by atoms with Crippen LogP contribution >= 0.6 is 0 Å². The third-order valence-electron chi connectivity index (χ3n) is 4.96. The lowest BCUT2D eigenvalue weighted by Crippen LogP contribution is -2.24. The maximum atomic E-state index is 13.4. The number of rotatable bonds is 6. The molecule has 0 unspecified atom stereocenters. The van der Waals surface area contributed by atoms with Gasteiger partial charge in [-0.3, -0.25) is 4.79 Å². The lowest BCUT2D eigenvalue weighted by atomic mass is 10.1. The Labute approximate surface area is 176 Å². The molecule has 31 heavy (non-hydrogen) atoms. The molecule has 0 spiro atoms. The number of carbonyl (C=O) groups is 1. The molecule has 9 heteroatoms. The first-order valence-electron chi connectivity index (χ1n) is 9.77. The predicted octanol–water partition coefficient (Wildman–Crippen LogP) is 4.50. The number of nitrogens with zero attached hydrogens (tertiary/aromatic N) is 4. The molecule has 0 aliphatic carbocycles. The molecular weight excluding hydrogens is 407 g/mol. The van der Waals surface area contributed by atoms with Crippen molar-refractivity contribution in [2.45, 2.75) is 32.6 Å². The zero-order valence-electron chi connectivity index (χ0n) is 16.7. The van der Waals surface area contributed by atoms with Crippen LogP contribution < -0.4 is 5.32 Å². The second-order valence-electron chi connectivity index (χ2n) is 7.10. The number of hydrogen-bond donors (Lipinski definition) is 1. The summed E-state index contributed by atoms with van der Waals surface area (Å²) >= 11 is 0. The number of halogens is 3. The highest BCUT2D eigenvalue weighted by Gasteiger charge is 2.38. The average Bonchev–Trinajstić information content (AvgIpc) is 3.33. The van der Waals surface area contributed by atoms with Gasteiger partial charge in [0.1, 0.15) is 12.4 Å². The summed E-state index contributed by atoms with van der Waals surface area (Å²) in [6.45, 7) is 1.98. The van der Waals surface area contributed by atoms with Crippen molar-refractivity contribution < 1.29 is 18.0 Å². The summed E-state index contributed by atoms with van der Waals surface area (Å²) in [6, 6.07) is 15.8. The van der Waals surface area contributed by atoms with E-state index in [0.29, 0.717) is 12.4 Å². The number of imidazole rings is 1. The molecule has 0 saturated carbocycles. The van der Waals surface area contributed by atoms with Crippen molar-refractivity contribution in [2.24, 2.45) is 0 Å². The zero-order chi connectivity index (χ0) is 22.0. The number of aromatic nitrogens is 4. The third-order valence-corrected chi connectivity index (χ3v) is 4.96. The first kappa shape index (κ1) is 20.6. The van der Waals surface area contributed by atoms with E-state index in [1.54, 1.807) is 22.9 Å². The molecule has 1 amide bonds. The average molecular weight is 427 g/mol. The second kappa shape index (κ2) is 8.25. The first-order chi connectivity index (χ1) is 14.8. The van der Waals surface area contributed by atoms with Gasteiger partial charge in [0.25, 0.3) is 0 Å². The van der Waals surface area contributed by atoms with Gasteiger partial charge in [0.2, 0.25) is 11.7 Å². The maximum absolute atomic E-state index is 13.4. The number of nitrogens with one attached hydrogen (secondary N) is 1. The number of fused-ring (bicyclic) bond motifs is 1. The van der Waals surface area contributed by atoms with E-state index < -0.39 is 24.5 Å². The van der Waals surface area contributed by atoms with E-state index in [9.17, 15) is 18.0 Å². The minimum atomic E-state index is -4.67. The van der Waals surface area contributed by atoms with Crippen LogP contribution in [0.15, 0.2) is 60.8 Å². The fourth-order valence-electron chi connectivity index (χ4n) is 3.40. The van der Waals surface area contributed by atoms with Gasteiger partial charge in [-0.05, 0) is 29.7 Å². The van der Waals surface area contributed by atoms with E-state index in [2.05, 4.69) is 22.3 Å². The molecule has 160 valence electrons. The van der Waals surface area contributed by atoms with Crippen LogP contribution in [0.3, 0.4) is 0 Å². The number of carbonyl (C=O) groups excluding carboxylic acids is 1. The van der Waals surface area contributed by atoms with Gasteiger partial charge in [-0.2, -0.15) is 18.3 Å². The lowest BCUT2D eigenvalue weighted by molar-refractivity contribution is -0.147. The van der Waals surface area contributed by atoms with Crippen molar-refractivity contribution in [3.63, 3.8) is 0 Å². The topological polar surface area (TPSA) is 64.7 Å². The second-order valence-corrected chi connectivity index (χ2v) is 7.10. The SMILES string of the molecule is CCc1ccc(Cn2nccc2NC(=O)Cn2c(C(F)(F)F)nc3ccccc32)cc1. The van der Waals surface area contributed by atoms with Crippen LogP contribution in [-0.2, 0) is 30.5 Å². The molecule has 0 aliphatic rings. The number of hydrogen-bond acceptors (Lipinski definition) is 3. The van der Waals surface area contributed by atoms with E-state index in [0.717, 1.165) is 16.6 Å². The summed E-state index contributed by atoms with van der Waals surface area (Å²) in [5.74, 6) is -1.30. The van der Waals surface area contributed by atoms with Gasteiger partial charge in [0.15, 0.2) is 0 Å². The van der Waals surface area contributed by atoms with E-state index in [4.69, 9.17) is 0 Å². The van der Waals surface area contributed by atoms with Crippen LogP contribution in [0.1, 0.15) is 23.9 Å². The van der Waals surface area contributed by atoms with E-state index in [1.807, 2.05) is 24.3 Å². The van der Waals surface area contributed by atoms with Crippen molar-refractivity contribution in [3.05, 3.63) is 77.7 Å². The largest absolute Gasteiger partial charge is 0.449 e. The standard InChI is InChI=1S/C22H20F3N5O/c1-2-15-7-9-16(10-8-15)13-30-19(11-12-26-30)28-20(31)14-29-18-6-4-3-5-17(18)27-21(29)22(23,24)25/h3-12H,2,13-14H2,1H3,(H,28,31). The smallest absolute Gasteiger partial charge is 0.311 e. The normalized spacial score (nSPS) is 11.7. The molecule has 0 bridgehead atoms. The van der Waals surface area contributed by atoms with Gasteiger partial charge < -0.3 is 9.88 Å². The zero-order valence-corrected chi connectivity index (χ0v) is 16.7. The van der Waals surface area contributed by atoms with Crippen molar-refractivity contribution in [2.75, 3.05) is 5.32 Å². The third kappa shape index (κ3) is 4.45. The molecule has 4 rings (SSSR count). The number of benzene rings is 2. The molecule has 2 aromatic heterocycles. The molecule has 0 aliphatic heterocycles. The van der Waals surface area contributed by atoms with Crippen LogP contribution in [0.25, 0.3) is 11.0 Å². The van der Waals surface area contributed by atoms with E-state index in [1.165, 1.54) is 23.9 Å². The molecule has 0 atom stereocenters. The van der Waals surface area contributed by atoms with Gasteiger partial charge in [0.05, 0.1) is 23.8 Å². The van der Waals surface area contributed by atoms with Crippen LogP contribution in [0.4, 0.5) is 19.0 Å². The van der Waals surface area contributed by atoms with Gasteiger partial charge in [0, 0.05) is 6.07 Å². The summed E-state index contributed by atoms with van der Waals surface area (Å²) in [5.41, 5.74) is 2.64. The monoisotopic (exact) mass is 427 g/mol. The van der Waals surface area contributed by atoms with Crippen molar-refractivity contribution >= 4 is 22.8 Å². The molecule has 0 saturated heterocycles. The Morgan fingerprint density at radius 1 is 1.03 bits per heavy atom. The maximum Gasteiger partial charge on any atom is 0.449 e. The molecule has 4 aromatic rings. The van der Waals surface area contributed by atoms with E-state index >= 15 is 0 Å². The number of anilines is 1. The minimum absolute atomic E-state index is 0.184. The molecule has 2 aromatic carbocycles. The number of amides is 1. The van der Waals surface area contributed by atoms with Crippen LogP contribution in [-0.4, -0.2) is 25.2 Å². The van der Waals surface area contributed by atoms with Crippen LogP contribution in [0.5, 0.6) is 0 Å². The summed E-state index contributed by atoms with van der Waals surface area (Å²) < 4.78 is 42.8. The van der Waals surface area contributed by atoms with Gasteiger partial charge in [-0.25, -0.2) is 9.67 Å². The number of aryl methyl sites for hydroxylation is 1. The first-order valence-corrected chi connectivity index (χ1v) is 9.77. The molecular formula is C22H20F3N5O. The highest BCUT2D eigenvalue weighted by Crippen LogP contribution is 2.31. The van der Waals surface area contributed by atoms with Crippen molar-refractivity contribution in [1.29, 1.82) is 0 Å². The highest BCUT2D eigenvalue weighted by atomic mass is 19.4. The van der Waals surface area contributed by atoms with Crippen molar-refractivity contribution in [1.82, 2.24) is 19.3 Å². The summed E-state index contributed by atoms with van der Waals surface area (Å²) in [4.78, 5) is 16.3. The predicted molar refractivity (Wildman–Crippen MR) is 111 cm³/mol. The lowest BCUT2D eigenvalue weighted by Gasteiger charge is -2.13. The fourth-order valence-corrected chi connectivity index (χ4v) is 3.40. The molecule has 0 fully saturated rings. The van der Waals surface area contributed by atoms with Crippen LogP contribution in [0, 0.1) is 0 Å². The Morgan fingerprint density at radius 3 is 2.45 bits per heavy atom. The highest BCUT2D eigenvalue weighted by molar-refractivity contribution is 5.91. The quantitative estimate of drug-likeness (QED) is 0.493. The molecule has 2 heterocycles. The van der Waals surface area contributed by atoms with Gasteiger partial charge in [-0.15, -0.1) is 0 Å². The van der Waals surface area contributed by atoms with Crippen LogP contribution in [0.2, 0.25) is 0 Å². The van der Waals surface area contributed by atoms with E-state index in [-0.39, 0.29) is 11.0 Å². The van der Waals surface area contributed by atoms with Gasteiger partial charge in [-0.1, -0.05) is 43.3 Å². The Bertz CT molecular complexity index is 1210. The Hall–Kier alpha value is -3.62. The minimum Gasteiger partial charge on any atom is -0.311 e. The fraction of sp³-hybridized carbons (Fsp3) is 0.227. The Morgan fingerprint density at radius 2 is 1.74 bits per heavy atom. The number of para-hydroxylation sites is 2. The Kier molecular flexibility index (Phi) is 5.50. The number of alkyl halides is 3. The Balaban J connectivity index is 1.53. The molecule has 1 N–H and O–H groups in total. The van der Waals surface area contributed by atoms with Gasteiger partial charge >= 0.3 is 6.18 Å². The van der Waals surface area contributed by atoms with Crippen molar-refractivity contribution in [3.8, 4) is 0 Å².